The highest BCUT2D eigenvalue weighted by Crippen LogP contribution is 2.27. The third-order valence-electron chi connectivity index (χ3n) is 3.43. The number of thioether (sulfide) groups is 1. The second kappa shape index (κ2) is 7.58. The van der Waals surface area contributed by atoms with Crippen LogP contribution < -0.4 is 5.32 Å². The van der Waals surface area contributed by atoms with Crippen molar-refractivity contribution >= 4 is 35.0 Å². The van der Waals surface area contributed by atoms with E-state index in [9.17, 15) is 9.90 Å². The summed E-state index contributed by atoms with van der Waals surface area (Å²) in [6.45, 7) is 0. The topological polar surface area (TPSA) is 80.0 Å². The number of carbonyl (C=O) groups excluding carboxylic acids is 1. The number of benzene rings is 2. The molecule has 1 heterocycles. The van der Waals surface area contributed by atoms with Gasteiger partial charge in [0.2, 0.25) is 5.91 Å². The van der Waals surface area contributed by atoms with E-state index in [4.69, 9.17) is 11.6 Å². The Balaban J connectivity index is 1.64. The number of phenolic OH excluding ortho intramolecular Hbond substituents is 1. The van der Waals surface area contributed by atoms with Gasteiger partial charge in [0.25, 0.3) is 0 Å². The summed E-state index contributed by atoms with van der Waals surface area (Å²) in [5.74, 6) is 0.546. The van der Waals surface area contributed by atoms with Gasteiger partial charge in [0.05, 0.1) is 11.4 Å². The van der Waals surface area contributed by atoms with Crippen molar-refractivity contribution < 1.29 is 9.90 Å². The Morgan fingerprint density at radius 1 is 1.24 bits per heavy atom. The molecule has 3 aromatic rings. The fourth-order valence-corrected chi connectivity index (χ4v) is 3.08. The first-order chi connectivity index (χ1) is 12.0. The van der Waals surface area contributed by atoms with E-state index in [0.29, 0.717) is 15.9 Å². The second-order valence-corrected chi connectivity index (χ2v) is 6.61. The van der Waals surface area contributed by atoms with Crippen molar-refractivity contribution in [2.45, 2.75) is 5.16 Å². The first kappa shape index (κ1) is 17.3. The molecule has 0 unspecified atom stereocenters. The van der Waals surface area contributed by atoms with E-state index in [1.165, 1.54) is 17.8 Å². The molecule has 0 atom stereocenters. The highest BCUT2D eigenvalue weighted by Gasteiger charge is 2.13. The molecule has 2 aromatic carbocycles. The van der Waals surface area contributed by atoms with E-state index in [1.807, 2.05) is 41.9 Å². The number of hydrogen-bond donors (Lipinski definition) is 2. The van der Waals surface area contributed by atoms with E-state index < -0.39 is 0 Å². The summed E-state index contributed by atoms with van der Waals surface area (Å²) < 4.78 is 1.84. The van der Waals surface area contributed by atoms with E-state index in [1.54, 1.807) is 12.1 Å². The van der Waals surface area contributed by atoms with Crippen LogP contribution in [-0.2, 0) is 11.8 Å². The van der Waals surface area contributed by atoms with Gasteiger partial charge in [-0.2, -0.15) is 0 Å². The van der Waals surface area contributed by atoms with E-state index in [0.717, 1.165) is 11.4 Å². The third-order valence-corrected chi connectivity index (χ3v) is 4.69. The molecule has 0 aliphatic heterocycles. The second-order valence-electron chi connectivity index (χ2n) is 5.23. The summed E-state index contributed by atoms with van der Waals surface area (Å²) in [5, 5.41) is 21.7. The molecule has 0 aliphatic rings. The zero-order valence-electron chi connectivity index (χ0n) is 13.3. The smallest absolute Gasteiger partial charge is 0.234 e. The minimum atomic E-state index is -0.258. The van der Waals surface area contributed by atoms with Crippen molar-refractivity contribution in [3.05, 3.63) is 53.6 Å². The van der Waals surface area contributed by atoms with Crippen molar-refractivity contribution in [1.82, 2.24) is 14.8 Å². The SMILES string of the molecule is Cn1c(SCC(=O)Nc2ccc(Cl)cc2O)nnc1-c1ccccc1. The molecule has 128 valence electrons. The number of aromatic hydroxyl groups is 1. The number of carbonyl (C=O) groups is 1. The van der Waals surface area contributed by atoms with Crippen LogP contribution in [0.25, 0.3) is 11.4 Å². The molecule has 8 heteroatoms. The normalized spacial score (nSPS) is 10.6. The van der Waals surface area contributed by atoms with Gasteiger partial charge in [-0.3, -0.25) is 4.79 Å². The Morgan fingerprint density at radius 3 is 2.72 bits per heavy atom. The Labute approximate surface area is 153 Å². The fourth-order valence-electron chi connectivity index (χ4n) is 2.21. The fraction of sp³-hybridized carbons (Fsp3) is 0.118. The van der Waals surface area contributed by atoms with Crippen LogP contribution in [0.4, 0.5) is 5.69 Å². The number of nitrogens with one attached hydrogen (secondary N) is 1. The molecule has 1 aromatic heterocycles. The van der Waals surface area contributed by atoms with E-state index in [-0.39, 0.29) is 17.4 Å². The van der Waals surface area contributed by atoms with Crippen LogP contribution in [0.5, 0.6) is 5.75 Å². The molecule has 3 rings (SSSR count). The van der Waals surface area contributed by atoms with Gasteiger partial charge in [-0.1, -0.05) is 53.7 Å². The van der Waals surface area contributed by atoms with Crippen LogP contribution in [0.3, 0.4) is 0 Å². The van der Waals surface area contributed by atoms with Gasteiger partial charge in [-0.25, -0.2) is 0 Å². The summed E-state index contributed by atoms with van der Waals surface area (Å²) >= 11 is 7.04. The third kappa shape index (κ3) is 4.12. The van der Waals surface area contributed by atoms with Gasteiger partial charge in [0.15, 0.2) is 11.0 Å². The van der Waals surface area contributed by atoms with Crippen LogP contribution in [-0.4, -0.2) is 31.5 Å². The maximum Gasteiger partial charge on any atom is 0.234 e. The summed E-state index contributed by atoms with van der Waals surface area (Å²) in [4.78, 5) is 12.1. The standard InChI is InChI=1S/C17H15ClN4O2S/c1-22-16(11-5-3-2-4-6-11)20-21-17(22)25-10-15(24)19-13-8-7-12(18)9-14(13)23/h2-9,23H,10H2,1H3,(H,19,24). The molecule has 25 heavy (non-hydrogen) atoms. The largest absolute Gasteiger partial charge is 0.506 e. The average molecular weight is 375 g/mol. The predicted molar refractivity (Wildman–Crippen MR) is 98.9 cm³/mol. The van der Waals surface area contributed by atoms with Crippen molar-refractivity contribution in [1.29, 1.82) is 0 Å². The number of anilines is 1. The van der Waals surface area contributed by atoms with Gasteiger partial charge in [0.1, 0.15) is 5.75 Å². The summed E-state index contributed by atoms with van der Waals surface area (Å²) in [5.41, 5.74) is 1.28. The molecule has 0 saturated carbocycles. The molecule has 0 saturated heterocycles. The number of phenols is 1. The highest BCUT2D eigenvalue weighted by atomic mass is 35.5. The first-order valence-corrected chi connectivity index (χ1v) is 8.77. The van der Waals surface area contributed by atoms with Crippen LogP contribution in [0.15, 0.2) is 53.7 Å². The van der Waals surface area contributed by atoms with Crippen LogP contribution >= 0.6 is 23.4 Å². The maximum absolute atomic E-state index is 12.1. The average Bonchev–Trinajstić information content (AvgIpc) is 2.97. The summed E-state index contributed by atoms with van der Waals surface area (Å²) in [6, 6.07) is 14.2. The van der Waals surface area contributed by atoms with E-state index >= 15 is 0 Å². The Hall–Kier alpha value is -2.51. The van der Waals surface area contributed by atoms with Gasteiger partial charge >= 0.3 is 0 Å². The van der Waals surface area contributed by atoms with Crippen molar-refractivity contribution in [2.75, 3.05) is 11.1 Å². The number of amides is 1. The van der Waals surface area contributed by atoms with Crippen LogP contribution in [0.1, 0.15) is 0 Å². The summed E-state index contributed by atoms with van der Waals surface area (Å²) in [6.07, 6.45) is 0. The zero-order chi connectivity index (χ0) is 17.8. The lowest BCUT2D eigenvalue weighted by Gasteiger charge is -2.07. The van der Waals surface area contributed by atoms with Gasteiger partial charge in [-0.05, 0) is 12.1 Å². The van der Waals surface area contributed by atoms with Crippen molar-refractivity contribution in [3.8, 4) is 17.1 Å². The van der Waals surface area contributed by atoms with E-state index in [2.05, 4.69) is 15.5 Å². The first-order valence-electron chi connectivity index (χ1n) is 7.40. The van der Waals surface area contributed by atoms with Crippen LogP contribution in [0.2, 0.25) is 5.02 Å². The molecule has 0 aliphatic carbocycles. The summed E-state index contributed by atoms with van der Waals surface area (Å²) in [7, 11) is 1.85. The Morgan fingerprint density at radius 2 is 2.00 bits per heavy atom. The predicted octanol–water partition coefficient (Wildman–Crippen LogP) is 3.57. The minimum Gasteiger partial charge on any atom is -0.506 e. The maximum atomic E-state index is 12.1. The lowest BCUT2D eigenvalue weighted by atomic mass is 10.2. The Bertz CT molecular complexity index is 899. The molecule has 1 amide bonds. The number of nitrogens with zero attached hydrogens (tertiary/aromatic N) is 3. The van der Waals surface area contributed by atoms with Gasteiger partial charge in [-0.15, -0.1) is 10.2 Å². The molecule has 2 N–H and O–H groups in total. The monoisotopic (exact) mass is 374 g/mol. The van der Waals surface area contributed by atoms with Gasteiger partial charge < -0.3 is 15.0 Å². The number of aromatic nitrogens is 3. The lowest BCUT2D eigenvalue weighted by Crippen LogP contribution is -2.14. The number of halogens is 1. The highest BCUT2D eigenvalue weighted by molar-refractivity contribution is 7.99. The molecule has 6 nitrogen and oxygen atoms in total. The molecule has 0 fully saturated rings. The lowest BCUT2D eigenvalue weighted by molar-refractivity contribution is -0.113. The number of rotatable bonds is 5. The minimum absolute atomic E-state index is 0.0733. The zero-order valence-corrected chi connectivity index (χ0v) is 14.9. The number of hydrogen-bond acceptors (Lipinski definition) is 5. The van der Waals surface area contributed by atoms with Crippen molar-refractivity contribution in [3.63, 3.8) is 0 Å². The molecule has 0 radical (unpaired) electrons. The van der Waals surface area contributed by atoms with Gasteiger partial charge in [0, 0.05) is 23.7 Å². The quantitative estimate of drug-likeness (QED) is 0.527. The van der Waals surface area contributed by atoms with Crippen molar-refractivity contribution in [2.24, 2.45) is 7.05 Å². The molecule has 0 bridgehead atoms. The Kier molecular flexibility index (Phi) is 5.25. The molecular formula is C17H15ClN4O2S. The molecule has 0 spiro atoms. The molecular weight excluding hydrogens is 360 g/mol. The van der Waals surface area contributed by atoms with Crippen LogP contribution in [0, 0.1) is 0 Å².